The van der Waals surface area contributed by atoms with Crippen LogP contribution in [0, 0.1) is 12.8 Å². The summed E-state index contributed by atoms with van der Waals surface area (Å²) in [6.07, 6.45) is 10.4. The van der Waals surface area contributed by atoms with Crippen LogP contribution < -0.4 is 10.0 Å². The molecule has 0 amide bonds. The lowest BCUT2D eigenvalue weighted by atomic mass is 9.94. The highest BCUT2D eigenvalue weighted by molar-refractivity contribution is 7.92. The molecule has 1 aliphatic heterocycles. The van der Waals surface area contributed by atoms with E-state index in [4.69, 9.17) is 0 Å². The van der Waals surface area contributed by atoms with Crippen molar-refractivity contribution in [1.82, 2.24) is 15.2 Å². The maximum absolute atomic E-state index is 12.0. The molecule has 2 aliphatic rings. The minimum atomic E-state index is -3.27. The molecule has 0 radical (unpaired) electrons. The van der Waals surface area contributed by atoms with Gasteiger partial charge < -0.3 is 5.32 Å². The van der Waals surface area contributed by atoms with E-state index < -0.39 is 10.0 Å². The lowest BCUT2D eigenvalue weighted by Gasteiger charge is -2.24. The molecule has 0 bridgehead atoms. The maximum Gasteiger partial charge on any atom is 0.232 e. The fourth-order valence-electron chi connectivity index (χ4n) is 4.43. The van der Waals surface area contributed by atoms with Crippen LogP contribution >= 0.6 is 0 Å². The van der Waals surface area contributed by atoms with Gasteiger partial charge >= 0.3 is 0 Å². The Bertz CT molecular complexity index is 1050. The minimum absolute atomic E-state index is 0.0786. The molecule has 2 atom stereocenters. The highest BCUT2D eigenvalue weighted by atomic mass is 32.2. The fraction of sp³-hybridized carbons (Fsp3) is 0.458. The molecule has 1 fully saturated rings. The zero-order valence-electron chi connectivity index (χ0n) is 18.3. The van der Waals surface area contributed by atoms with E-state index in [-0.39, 0.29) is 5.75 Å². The van der Waals surface area contributed by atoms with Crippen molar-refractivity contribution in [2.75, 3.05) is 30.1 Å². The van der Waals surface area contributed by atoms with Gasteiger partial charge in [0.2, 0.25) is 10.0 Å². The molecular formula is C24H32N4O2S. The van der Waals surface area contributed by atoms with Gasteiger partial charge in [-0.05, 0) is 80.1 Å². The van der Waals surface area contributed by atoms with Crippen LogP contribution in [-0.2, 0) is 16.6 Å². The molecule has 1 saturated heterocycles. The van der Waals surface area contributed by atoms with E-state index in [0.29, 0.717) is 17.6 Å². The second-order valence-corrected chi connectivity index (χ2v) is 10.7. The number of aryl methyl sites for hydroxylation is 1. The molecule has 31 heavy (non-hydrogen) atoms. The number of anilines is 1. The van der Waals surface area contributed by atoms with Crippen LogP contribution in [0.15, 0.2) is 42.7 Å². The van der Waals surface area contributed by atoms with Crippen molar-refractivity contribution >= 4 is 21.8 Å². The lowest BCUT2D eigenvalue weighted by molar-refractivity contribution is 0.311. The normalized spacial score (nSPS) is 21.2. The summed E-state index contributed by atoms with van der Waals surface area (Å²) in [4.78, 5) is 6.70. The van der Waals surface area contributed by atoms with Gasteiger partial charge in [-0.15, -0.1) is 0 Å². The molecule has 0 saturated carbocycles. The minimum Gasteiger partial charge on any atom is -0.309 e. The molecule has 2 N–H and O–H groups in total. The van der Waals surface area contributed by atoms with Crippen molar-refractivity contribution in [3.63, 3.8) is 0 Å². The summed E-state index contributed by atoms with van der Waals surface area (Å²) < 4.78 is 26.6. The molecule has 6 nitrogen and oxygen atoms in total. The first-order valence-corrected chi connectivity index (χ1v) is 12.7. The average molecular weight is 441 g/mol. The third-order valence-electron chi connectivity index (χ3n) is 6.31. The van der Waals surface area contributed by atoms with Crippen LogP contribution in [0.1, 0.15) is 48.1 Å². The van der Waals surface area contributed by atoms with Gasteiger partial charge in [0.05, 0.1) is 11.4 Å². The summed E-state index contributed by atoms with van der Waals surface area (Å²) >= 11 is 0. The van der Waals surface area contributed by atoms with Crippen molar-refractivity contribution < 1.29 is 8.42 Å². The van der Waals surface area contributed by atoms with E-state index in [1.54, 1.807) is 6.92 Å². The molecule has 1 aromatic heterocycles. The van der Waals surface area contributed by atoms with Gasteiger partial charge in [-0.3, -0.25) is 14.6 Å². The summed E-state index contributed by atoms with van der Waals surface area (Å²) in [5, 5.41) is 3.77. The number of nitrogens with one attached hydrogen (secondary N) is 2. The number of likely N-dealkylation sites (tertiary alicyclic amines) is 1. The van der Waals surface area contributed by atoms with Gasteiger partial charge in [0.25, 0.3) is 0 Å². The van der Waals surface area contributed by atoms with Gasteiger partial charge in [0.15, 0.2) is 0 Å². The summed E-state index contributed by atoms with van der Waals surface area (Å²) in [6.45, 7) is 7.57. The molecule has 166 valence electrons. The second-order valence-electron chi connectivity index (χ2n) is 8.65. The standard InChI is InChI=1S/C24H32N4O2S/c1-3-31(29,30)27-24-13-19(8-7-18(24)2)16-28-12-10-20(17-28)14-26-23-6-4-5-21-15-25-11-9-22(21)23/h4-5,7-9,11,13,15,20,23,26-27H,3,6,10,12,14,16-17H2,1-2H3. The number of aromatic nitrogens is 1. The number of benzene rings is 1. The average Bonchev–Trinajstić information content (AvgIpc) is 3.21. The zero-order chi connectivity index (χ0) is 21.8. The number of sulfonamides is 1. The Morgan fingerprint density at radius 2 is 2.13 bits per heavy atom. The highest BCUT2D eigenvalue weighted by Crippen LogP contribution is 2.28. The first-order valence-electron chi connectivity index (χ1n) is 11.1. The monoisotopic (exact) mass is 440 g/mol. The van der Waals surface area contributed by atoms with Crippen LogP contribution in [-0.4, -0.2) is 43.7 Å². The van der Waals surface area contributed by atoms with E-state index in [9.17, 15) is 8.42 Å². The summed E-state index contributed by atoms with van der Waals surface area (Å²) in [5.41, 5.74) is 5.34. The molecule has 0 spiro atoms. The third kappa shape index (κ3) is 5.53. The van der Waals surface area contributed by atoms with Crippen molar-refractivity contribution in [1.29, 1.82) is 0 Å². The quantitative estimate of drug-likeness (QED) is 0.654. The number of rotatable bonds is 8. The smallest absolute Gasteiger partial charge is 0.232 e. The molecular weight excluding hydrogens is 408 g/mol. The lowest BCUT2D eigenvalue weighted by Crippen LogP contribution is -2.30. The van der Waals surface area contributed by atoms with Crippen LogP contribution in [0.4, 0.5) is 5.69 Å². The molecule has 1 aliphatic carbocycles. The van der Waals surface area contributed by atoms with E-state index >= 15 is 0 Å². The van der Waals surface area contributed by atoms with Crippen molar-refractivity contribution in [2.24, 2.45) is 5.92 Å². The van der Waals surface area contributed by atoms with Crippen LogP contribution in [0.3, 0.4) is 0 Å². The van der Waals surface area contributed by atoms with Crippen molar-refractivity contribution in [3.8, 4) is 0 Å². The first kappa shape index (κ1) is 22.0. The highest BCUT2D eigenvalue weighted by Gasteiger charge is 2.24. The van der Waals surface area contributed by atoms with Gasteiger partial charge in [0.1, 0.15) is 0 Å². The summed E-state index contributed by atoms with van der Waals surface area (Å²) in [5.74, 6) is 0.703. The summed E-state index contributed by atoms with van der Waals surface area (Å²) in [6, 6.07) is 8.57. The number of hydrogen-bond acceptors (Lipinski definition) is 5. The number of pyridine rings is 1. The van der Waals surface area contributed by atoms with Crippen LogP contribution in [0.2, 0.25) is 0 Å². The maximum atomic E-state index is 12.0. The van der Waals surface area contributed by atoms with Gasteiger partial charge in [-0.1, -0.05) is 24.3 Å². The topological polar surface area (TPSA) is 74.3 Å². The number of fused-ring (bicyclic) bond motifs is 1. The summed E-state index contributed by atoms with van der Waals surface area (Å²) in [7, 11) is -3.27. The Hall–Kier alpha value is -2.22. The third-order valence-corrected chi connectivity index (χ3v) is 7.60. The number of nitrogens with zero attached hydrogens (tertiary/aromatic N) is 2. The first-order chi connectivity index (χ1) is 14.9. The van der Waals surface area contributed by atoms with Crippen molar-refractivity contribution in [2.45, 2.75) is 39.3 Å². The zero-order valence-corrected chi connectivity index (χ0v) is 19.2. The molecule has 2 heterocycles. The SMILES string of the molecule is CCS(=O)(=O)Nc1cc(CN2CCC(CNC3CC=Cc4cnccc43)C2)ccc1C. The predicted octanol–water partition coefficient (Wildman–Crippen LogP) is 3.72. The Morgan fingerprint density at radius 3 is 2.97 bits per heavy atom. The van der Waals surface area contributed by atoms with E-state index in [0.717, 1.165) is 43.7 Å². The predicted molar refractivity (Wildman–Crippen MR) is 126 cm³/mol. The van der Waals surface area contributed by atoms with Crippen LogP contribution in [0.25, 0.3) is 6.08 Å². The Kier molecular flexibility index (Phi) is 6.74. The van der Waals surface area contributed by atoms with Crippen LogP contribution in [0.5, 0.6) is 0 Å². The Morgan fingerprint density at radius 1 is 1.26 bits per heavy atom. The molecule has 2 aromatic rings. The van der Waals surface area contributed by atoms with Gasteiger partial charge in [0, 0.05) is 31.5 Å². The van der Waals surface area contributed by atoms with Gasteiger partial charge in [-0.25, -0.2) is 8.42 Å². The molecule has 4 rings (SSSR count). The largest absolute Gasteiger partial charge is 0.309 e. The van der Waals surface area contributed by atoms with E-state index in [1.165, 1.54) is 17.5 Å². The second kappa shape index (κ2) is 9.51. The Labute approximate surface area is 185 Å². The van der Waals surface area contributed by atoms with Gasteiger partial charge in [-0.2, -0.15) is 0 Å². The molecule has 2 unspecified atom stereocenters. The molecule has 1 aromatic carbocycles. The number of hydrogen-bond donors (Lipinski definition) is 2. The Balaban J connectivity index is 1.31. The van der Waals surface area contributed by atoms with E-state index in [2.05, 4.69) is 44.2 Å². The van der Waals surface area contributed by atoms with E-state index in [1.807, 2.05) is 31.5 Å². The molecule has 7 heteroatoms. The van der Waals surface area contributed by atoms with Crippen molar-refractivity contribution in [3.05, 3.63) is 65.0 Å². The fourth-order valence-corrected chi connectivity index (χ4v) is 5.13.